The minimum Gasteiger partial charge on any atom is -0.350 e. The van der Waals surface area contributed by atoms with Crippen LogP contribution in [0.3, 0.4) is 0 Å². The highest BCUT2D eigenvalue weighted by Crippen LogP contribution is 2.53. The summed E-state index contributed by atoms with van der Waals surface area (Å²) in [5, 5.41) is 5.05. The summed E-state index contributed by atoms with van der Waals surface area (Å²) in [6.45, 7) is 0. The van der Waals surface area contributed by atoms with E-state index in [4.69, 9.17) is 0 Å². The molecule has 9 aromatic carbocycles. The number of fused-ring (bicyclic) bond motifs is 4. The van der Waals surface area contributed by atoms with Gasteiger partial charge in [0.2, 0.25) is 0 Å². The second-order valence-electron chi connectivity index (χ2n) is 15.1. The lowest BCUT2D eigenvalue weighted by Crippen LogP contribution is -2.20. The van der Waals surface area contributed by atoms with Gasteiger partial charge in [0, 0.05) is 33.8 Å². The van der Waals surface area contributed by atoms with E-state index in [2.05, 4.69) is 256 Å². The molecule has 0 saturated carbocycles. The Morgan fingerprint density at radius 1 is 0.350 bits per heavy atom. The standard InChI is InChI=1S/C56H40N4/c1-5-15-40(16-6-1)42-25-32-48(33-26-42)58(49-34-27-43(28-35-49)41-17-7-2-8-18-41)50-36-29-44(30-37-50)45-31-38-52-54(39-45)60(47-21-11-4-12-22-47)56-55(57-52)51-23-13-14-24-53(51)59(56)46-19-9-3-10-20-46/h1-39,57H. The molecule has 0 bridgehead atoms. The van der Waals surface area contributed by atoms with Crippen molar-refractivity contribution in [2.45, 2.75) is 0 Å². The van der Waals surface area contributed by atoms with E-state index in [1.165, 1.54) is 27.6 Å². The van der Waals surface area contributed by atoms with Gasteiger partial charge < -0.3 is 10.2 Å². The zero-order chi connectivity index (χ0) is 39.8. The van der Waals surface area contributed by atoms with Gasteiger partial charge in [-0.1, -0.05) is 158 Å². The molecule has 4 heteroatoms. The molecule has 0 atom stereocenters. The molecule has 284 valence electrons. The van der Waals surface area contributed by atoms with Gasteiger partial charge in [0.25, 0.3) is 0 Å². The normalized spacial score (nSPS) is 11.8. The molecule has 0 unspecified atom stereocenters. The Balaban J connectivity index is 0.995. The van der Waals surface area contributed by atoms with Crippen molar-refractivity contribution in [1.82, 2.24) is 4.57 Å². The van der Waals surface area contributed by atoms with E-state index in [-0.39, 0.29) is 0 Å². The number of rotatable bonds is 8. The molecule has 0 amide bonds. The molecule has 0 saturated heterocycles. The third-order valence-electron chi connectivity index (χ3n) is 11.5. The molecule has 0 aliphatic carbocycles. The van der Waals surface area contributed by atoms with Crippen LogP contribution in [-0.2, 0) is 0 Å². The minimum absolute atomic E-state index is 1.06. The summed E-state index contributed by atoms with van der Waals surface area (Å²) < 4.78 is 2.38. The van der Waals surface area contributed by atoms with Crippen molar-refractivity contribution in [3.05, 3.63) is 237 Å². The molecule has 11 rings (SSSR count). The number of hydrogen-bond donors (Lipinski definition) is 1. The van der Waals surface area contributed by atoms with Crippen LogP contribution in [0.5, 0.6) is 0 Å². The number of anilines is 8. The molecular weight excluding hydrogens is 729 g/mol. The number of para-hydroxylation sites is 3. The average molecular weight is 769 g/mol. The molecular formula is C56H40N4. The van der Waals surface area contributed by atoms with Gasteiger partial charge in [-0.15, -0.1) is 0 Å². The minimum atomic E-state index is 1.06. The lowest BCUT2D eigenvalue weighted by molar-refractivity contribution is 1.07. The predicted octanol–water partition coefficient (Wildman–Crippen LogP) is 15.6. The van der Waals surface area contributed by atoms with E-state index in [0.29, 0.717) is 0 Å². The van der Waals surface area contributed by atoms with Crippen LogP contribution in [0, 0.1) is 0 Å². The van der Waals surface area contributed by atoms with Crippen LogP contribution in [0.2, 0.25) is 0 Å². The molecule has 2 heterocycles. The molecule has 0 fully saturated rings. The smallest absolute Gasteiger partial charge is 0.147 e. The van der Waals surface area contributed by atoms with Crippen LogP contribution < -0.4 is 15.1 Å². The van der Waals surface area contributed by atoms with Gasteiger partial charge in [-0.05, 0) is 112 Å². The Morgan fingerprint density at radius 3 is 1.30 bits per heavy atom. The molecule has 1 aliphatic rings. The summed E-state index contributed by atoms with van der Waals surface area (Å²) in [7, 11) is 0. The molecule has 0 spiro atoms. The fourth-order valence-electron chi connectivity index (χ4n) is 8.61. The van der Waals surface area contributed by atoms with Gasteiger partial charge in [0.05, 0.1) is 22.6 Å². The maximum atomic E-state index is 3.87. The topological polar surface area (TPSA) is 23.4 Å². The quantitative estimate of drug-likeness (QED) is 0.167. The zero-order valence-corrected chi connectivity index (χ0v) is 32.9. The first-order valence-electron chi connectivity index (χ1n) is 20.4. The molecule has 60 heavy (non-hydrogen) atoms. The Kier molecular flexibility index (Phi) is 8.79. The van der Waals surface area contributed by atoms with Crippen LogP contribution in [0.1, 0.15) is 0 Å². The maximum Gasteiger partial charge on any atom is 0.147 e. The van der Waals surface area contributed by atoms with Gasteiger partial charge in [-0.3, -0.25) is 9.47 Å². The fraction of sp³-hybridized carbons (Fsp3) is 0. The highest BCUT2D eigenvalue weighted by atomic mass is 15.3. The van der Waals surface area contributed by atoms with Crippen molar-refractivity contribution in [2.24, 2.45) is 0 Å². The lowest BCUT2D eigenvalue weighted by Gasteiger charge is -2.34. The number of nitrogens with one attached hydrogen (secondary N) is 1. The second-order valence-corrected chi connectivity index (χ2v) is 15.1. The van der Waals surface area contributed by atoms with E-state index >= 15 is 0 Å². The average Bonchev–Trinajstić information content (AvgIpc) is 3.66. The Labute approximate surface area is 350 Å². The monoisotopic (exact) mass is 768 g/mol. The van der Waals surface area contributed by atoms with Crippen molar-refractivity contribution >= 4 is 56.5 Å². The van der Waals surface area contributed by atoms with Crippen molar-refractivity contribution in [2.75, 3.05) is 15.1 Å². The van der Waals surface area contributed by atoms with Gasteiger partial charge in [0.15, 0.2) is 0 Å². The summed E-state index contributed by atoms with van der Waals surface area (Å²) >= 11 is 0. The van der Waals surface area contributed by atoms with E-state index in [1.54, 1.807) is 0 Å². The maximum absolute atomic E-state index is 3.87. The van der Waals surface area contributed by atoms with Crippen LogP contribution in [-0.4, -0.2) is 4.57 Å². The summed E-state index contributed by atoms with van der Waals surface area (Å²) in [4.78, 5) is 4.75. The first-order chi connectivity index (χ1) is 29.8. The fourth-order valence-corrected chi connectivity index (χ4v) is 8.61. The predicted molar refractivity (Wildman–Crippen MR) is 252 cm³/mol. The van der Waals surface area contributed by atoms with Crippen molar-refractivity contribution < 1.29 is 0 Å². The summed E-state index contributed by atoms with van der Waals surface area (Å²) in [6.07, 6.45) is 0. The summed E-state index contributed by atoms with van der Waals surface area (Å²) in [5.74, 6) is 1.08. The van der Waals surface area contributed by atoms with Crippen LogP contribution >= 0.6 is 0 Å². The molecule has 10 aromatic rings. The number of nitrogens with zero attached hydrogens (tertiary/aromatic N) is 3. The number of hydrogen-bond acceptors (Lipinski definition) is 3. The van der Waals surface area contributed by atoms with E-state index in [1.807, 2.05) is 0 Å². The number of aromatic nitrogens is 1. The highest BCUT2D eigenvalue weighted by Gasteiger charge is 2.31. The molecule has 1 N–H and O–H groups in total. The Morgan fingerprint density at radius 2 is 0.767 bits per heavy atom. The van der Waals surface area contributed by atoms with Crippen molar-refractivity contribution in [3.63, 3.8) is 0 Å². The molecule has 4 nitrogen and oxygen atoms in total. The van der Waals surface area contributed by atoms with Crippen molar-refractivity contribution in [1.29, 1.82) is 0 Å². The first kappa shape index (κ1) is 35.1. The zero-order valence-electron chi connectivity index (χ0n) is 32.9. The first-order valence-corrected chi connectivity index (χ1v) is 20.4. The third-order valence-corrected chi connectivity index (χ3v) is 11.5. The summed E-state index contributed by atoms with van der Waals surface area (Å²) in [6, 6.07) is 84.6. The molecule has 1 aliphatic heterocycles. The summed E-state index contributed by atoms with van der Waals surface area (Å²) in [5.41, 5.74) is 17.0. The Hall–Kier alpha value is -8.08. The molecule has 0 radical (unpaired) electrons. The SMILES string of the molecule is c1ccc(-c2ccc(N(c3ccc(-c4ccccc4)cc3)c3ccc(-c4ccc5c(c4)N(c4ccccc4)c4c(c6ccccc6n4-c4ccccc4)N5)cc3)cc2)cc1. The van der Waals surface area contributed by atoms with E-state index < -0.39 is 0 Å². The highest BCUT2D eigenvalue weighted by molar-refractivity contribution is 6.10. The van der Waals surface area contributed by atoms with Crippen LogP contribution in [0.4, 0.5) is 45.6 Å². The van der Waals surface area contributed by atoms with Crippen molar-refractivity contribution in [3.8, 4) is 39.1 Å². The second kappa shape index (κ2) is 15.0. The Bertz CT molecular complexity index is 2980. The van der Waals surface area contributed by atoms with Crippen LogP contribution in [0.25, 0.3) is 50.0 Å². The van der Waals surface area contributed by atoms with Crippen LogP contribution in [0.15, 0.2) is 237 Å². The van der Waals surface area contributed by atoms with E-state index in [0.717, 1.165) is 68.0 Å². The van der Waals surface area contributed by atoms with Gasteiger partial charge >= 0.3 is 0 Å². The van der Waals surface area contributed by atoms with Gasteiger partial charge in [-0.2, -0.15) is 0 Å². The number of benzene rings is 9. The lowest BCUT2D eigenvalue weighted by atomic mass is 10.0. The third kappa shape index (κ3) is 6.28. The van der Waals surface area contributed by atoms with Gasteiger partial charge in [0.1, 0.15) is 5.82 Å². The largest absolute Gasteiger partial charge is 0.350 e. The molecule has 1 aromatic heterocycles. The van der Waals surface area contributed by atoms with Gasteiger partial charge in [-0.25, -0.2) is 0 Å². The van der Waals surface area contributed by atoms with E-state index in [9.17, 15) is 0 Å².